The number of alkyl halides is 3. The molecular formula is C14H23F3N2O. The third kappa shape index (κ3) is 2.03. The summed E-state index contributed by atoms with van der Waals surface area (Å²) < 4.78 is 39.6. The molecule has 3 nitrogen and oxygen atoms in total. The van der Waals surface area contributed by atoms with E-state index < -0.39 is 17.5 Å². The Balaban J connectivity index is 2.02. The zero-order valence-electron chi connectivity index (χ0n) is 12.4. The summed E-state index contributed by atoms with van der Waals surface area (Å²) in [6.07, 6.45) is -4.69. The van der Waals surface area contributed by atoms with Crippen molar-refractivity contribution < 1.29 is 18.0 Å². The summed E-state index contributed by atoms with van der Waals surface area (Å²) in [5.74, 6) is -0.660. The highest BCUT2D eigenvalue weighted by Gasteiger charge is 2.65. The molecule has 6 heteroatoms. The zero-order valence-corrected chi connectivity index (χ0v) is 12.4. The first-order valence-electron chi connectivity index (χ1n) is 7.02. The molecule has 0 spiro atoms. The number of amides is 1. The average molecular weight is 292 g/mol. The second-order valence-corrected chi connectivity index (χ2v) is 7.21. The van der Waals surface area contributed by atoms with Crippen LogP contribution in [0.1, 0.15) is 34.1 Å². The first-order chi connectivity index (χ1) is 8.97. The highest BCUT2D eigenvalue weighted by Crippen LogP contribution is 2.68. The predicted octanol–water partition coefficient (Wildman–Crippen LogP) is 2.33. The van der Waals surface area contributed by atoms with E-state index in [0.717, 1.165) is 0 Å². The van der Waals surface area contributed by atoms with Gasteiger partial charge in [0.05, 0.1) is 0 Å². The lowest BCUT2D eigenvalue weighted by atomic mass is 9.85. The standard InChI is InChI=1S/C14H23F3N2O/c1-11(2)9(12(11,3)4)7-19-10(20)13(14(15,16)17)5-6-18-8-13/h9,18H,5-8H2,1-4H3,(H,19,20). The van der Waals surface area contributed by atoms with Crippen molar-refractivity contribution in [1.29, 1.82) is 0 Å². The van der Waals surface area contributed by atoms with E-state index in [-0.39, 0.29) is 36.3 Å². The van der Waals surface area contributed by atoms with E-state index in [4.69, 9.17) is 0 Å². The van der Waals surface area contributed by atoms with Crippen LogP contribution in [0, 0.1) is 22.2 Å². The molecule has 1 unspecified atom stereocenters. The fourth-order valence-corrected chi connectivity index (χ4v) is 3.46. The molecule has 0 bridgehead atoms. The van der Waals surface area contributed by atoms with Gasteiger partial charge in [-0.15, -0.1) is 0 Å². The molecule has 0 aromatic rings. The van der Waals surface area contributed by atoms with Crippen LogP contribution in [0.25, 0.3) is 0 Å². The zero-order chi connectivity index (χ0) is 15.4. The predicted molar refractivity (Wildman–Crippen MR) is 70.0 cm³/mol. The summed E-state index contributed by atoms with van der Waals surface area (Å²) >= 11 is 0. The number of carbonyl (C=O) groups excluding carboxylic acids is 1. The smallest absolute Gasteiger partial charge is 0.355 e. The molecule has 1 aliphatic carbocycles. The second-order valence-electron chi connectivity index (χ2n) is 7.21. The molecule has 1 amide bonds. The topological polar surface area (TPSA) is 41.1 Å². The molecule has 1 saturated heterocycles. The van der Waals surface area contributed by atoms with Crippen LogP contribution in [-0.2, 0) is 4.79 Å². The van der Waals surface area contributed by atoms with E-state index >= 15 is 0 Å². The highest BCUT2D eigenvalue weighted by molar-refractivity contribution is 5.84. The van der Waals surface area contributed by atoms with Crippen LogP contribution in [0.4, 0.5) is 13.2 Å². The van der Waals surface area contributed by atoms with E-state index in [1.165, 1.54) is 0 Å². The number of rotatable bonds is 3. The molecule has 0 aromatic heterocycles. The molecule has 2 fully saturated rings. The van der Waals surface area contributed by atoms with Crippen molar-refractivity contribution in [1.82, 2.24) is 10.6 Å². The van der Waals surface area contributed by atoms with Crippen LogP contribution in [0.15, 0.2) is 0 Å². The normalized spacial score (nSPS) is 32.1. The Labute approximate surface area is 117 Å². The maximum Gasteiger partial charge on any atom is 0.404 e. The third-order valence-electron chi connectivity index (χ3n) is 5.92. The Bertz CT molecular complexity index is 395. The molecule has 0 radical (unpaired) electrons. The molecule has 1 aliphatic heterocycles. The Kier molecular flexibility index (Phi) is 3.40. The van der Waals surface area contributed by atoms with Crippen molar-refractivity contribution in [2.24, 2.45) is 22.2 Å². The van der Waals surface area contributed by atoms with Crippen LogP contribution in [0.5, 0.6) is 0 Å². The van der Waals surface area contributed by atoms with Gasteiger partial charge in [0.1, 0.15) is 0 Å². The van der Waals surface area contributed by atoms with Gasteiger partial charge < -0.3 is 10.6 Å². The van der Waals surface area contributed by atoms with Crippen LogP contribution in [0.3, 0.4) is 0 Å². The number of carbonyl (C=O) groups is 1. The molecule has 1 saturated carbocycles. The lowest BCUT2D eigenvalue weighted by Gasteiger charge is -2.29. The van der Waals surface area contributed by atoms with Gasteiger partial charge in [-0.1, -0.05) is 27.7 Å². The number of nitrogens with one attached hydrogen (secondary N) is 2. The first-order valence-corrected chi connectivity index (χ1v) is 7.02. The van der Waals surface area contributed by atoms with Gasteiger partial charge in [0.25, 0.3) is 0 Å². The molecule has 0 aromatic carbocycles. The minimum Gasteiger partial charge on any atom is -0.355 e. The van der Waals surface area contributed by atoms with Crippen LogP contribution in [0.2, 0.25) is 0 Å². The summed E-state index contributed by atoms with van der Waals surface area (Å²) in [5, 5.41) is 5.20. The van der Waals surface area contributed by atoms with Gasteiger partial charge >= 0.3 is 6.18 Å². The second kappa shape index (κ2) is 4.36. The summed E-state index contributed by atoms with van der Waals surface area (Å²) in [7, 11) is 0. The molecule has 2 N–H and O–H groups in total. The summed E-state index contributed by atoms with van der Waals surface area (Å²) in [5.41, 5.74) is -2.14. The van der Waals surface area contributed by atoms with E-state index in [1.807, 2.05) is 0 Å². The fraction of sp³-hybridized carbons (Fsp3) is 0.929. The molecule has 1 heterocycles. The first kappa shape index (κ1) is 15.6. The Morgan fingerprint density at radius 2 is 1.80 bits per heavy atom. The van der Waals surface area contributed by atoms with Crippen molar-refractivity contribution in [2.45, 2.75) is 40.3 Å². The minimum atomic E-state index is -4.50. The molecule has 2 aliphatic rings. The van der Waals surface area contributed by atoms with E-state index in [2.05, 4.69) is 38.3 Å². The third-order valence-corrected chi connectivity index (χ3v) is 5.92. The number of hydrogen-bond donors (Lipinski definition) is 2. The van der Waals surface area contributed by atoms with Crippen molar-refractivity contribution in [3.05, 3.63) is 0 Å². The van der Waals surface area contributed by atoms with Crippen LogP contribution < -0.4 is 10.6 Å². The van der Waals surface area contributed by atoms with Crippen molar-refractivity contribution >= 4 is 5.91 Å². The van der Waals surface area contributed by atoms with Gasteiger partial charge in [0.2, 0.25) is 5.91 Å². The van der Waals surface area contributed by atoms with Gasteiger partial charge in [-0.25, -0.2) is 0 Å². The maximum atomic E-state index is 13.2. The van der Waals surface area contributed by atoms with Crippen LogP contribution in [-0.4, -0.2) is 31.7 Å². The van der Waals surface area contributed by atoms with Gasteiger partial charge in [-0.2, -0.15) is 13.2 Å². The van der Waals surface area contributed by atoms with Crippen molar-refractivity contribution in [3.8, 4) is 0 Å². The van der Waals surface area contributed by atoms with Gasteiger partial charge in [-0.05, 0) is 29.7 Å². The lowest BCUT2D eigenvalue weighted by Crippen LogP contribution is -2.52. The van der Waals surface area contributed by atoms with E-state index in [1.54, 1.807) is 0 Å². The molecule has 20 heavy (non-hydrogen) atoms. The fourth-order valence-electron chi connectivity index (χ4n) is 3.46. The van der Waals surface area contributed by atoms with E-state index in [0.29, 0.717) is 6.54 Å². The highest BCUT2D eigenvalue weighted by atomic mass is 19.4. The summed E-state index contributed by atoms with van der Waals surface area (Å²) in [6.45, 7) is 8.56. The number of hydrogen-bond acceptors (Lipinski definition) is 2. The Morgan fingerprint density at radius 1 is 1.25 bits per heavy atom. The van der Waals surface area contributed by atoms with Crippen LogP contribution >= 0.6 is 0 Å². The summed E-state index contributed by atoms with van der Waals surface area (Å²) in [6, 6.07) is 0. The summed E-state index contributed by atoms with van der Waals surface area (Å²) in [4.78, 5) is 12.1. The van der Waals surface area contributed by atoms with E-state index in [9.17, 15) is 18.0 Å². The maximum absolute atomic E-state index is 13.2. The van der Waals surface area contributed by atoms with Gasteiger partial charge in [0.15, 0.2) is 5.41 Å². The lowest BCUT2D eigenvalue weighted by molar-refractivity contribution is -0.216. The molecule has 1 atom stereocenters. The quantitative estimate of drug-likeness (QED) is 0.838. The minimum absolute atomic E-state index is 0.0552. The molecule has 2 rings (SSSR count). The molecular weight excluding hydrogens is 269 g/mol. The Hall–Kier alpha value is -0.780. The SMILES string of the molecule is CC1(C)C(CNC(=O)C2(C(F)(F)F)CCNC2)C1(C)C. The Morgan fingerprint density at radius 3 is 2.15 bits per heavy atom. The van der Waals surface area contributed by atoms with Gasteiger partial charge in [0, 0.05) is 13.1 Å². The van der Waals surface area contributed by atoms with Crippen molar-refractivity contribution in [2.75, 3.05) is 19.6 Å². The van der Waals surface area contributed by atoms with Gasteiger partial charge in [-0.3, -0.25) is 4.79 Å². The monoisotopic (exact) mass is 292 g/mol. The molecule has 116 valence electrons. The largest absolute Gasteiger partial charge is 0.404 e. The van der Waals surface area contributed by atoms with Crippen molar-refractivity contribution in [3.63, 3.8) is 0 Å². The average Bonchev–Trinajstić information content (AvgIpc) is 2.72. The number of halogens is 3.